The number of nitrogens with two attached hydrogens (primary N) is 1. The van der Waals surface area contributed by atoms with Gasteiger partial charge in [0.2, 0.25) is 0 Å². The first kappa shape index (κ1) is 13.6. The molecule has 1 atom stereocenters. The van der Waals surface area contributed by atoms with Gasteiger partial charge in [-0.15, -0.1) is 0 Å². The Bertz CT molecular complexity index is 549. The van der Waals surface area contributed by atoms with Crippen molar-refractivity contribution in [1.29, 1.82) is 0 Å². The summed E-state index contributed by atoms with van der Waals surface area (Å²) < 4.78 is 18.5. The molecule has 2 nitrogen and oxygen atoms in total. The van der Waals surface area contributed by atoms with Crippen LogP contribution in [0.1, 0.15) is 29.7 Å². The molecule has 0 aliphatic carbocycles. The van der Waals surface area contributed by atoms with Crippen molar-refractivity contribution in [1.82, 2.24) is 0 Å². The topological polar surface area (TPSA) is 35.2 Å². The van der Waals surface area contributed by atoms with Crippen molar-refractivity contribution in [3.63, 3.8) is 0 Å². The molecule has 2 aromatic rings. The van der Waals surface area contributed by atoms with Crippen molar-refractivity contribution in [2.75, 3.05) is 0 Å². The van der Waals surface area contributed by atoms with Gasteiger partial charge in [0.1, 0.15) is 18.2 Å². The molecule has 0 saturated heterocycles. The minimum atomic E-state index is -0.235. The summed E-state index contributed by atoms with van der Waals surface area (Å²) in [5.41, 5.74) is 8.92. The van der Waals surface area contributed by atoms with E-state index in [1.54, 1.807) is 12.1 Å². The molecule has 0 aliphatic heterocycles. The van der Waals surface area contributed by atoms with Gasteiger partial charge >= 0.3 is 0 Å². The van der Waals surface area contributed by atoms with E-state index >= 15 is 0 Å². The van der Waals surface area contributed by atoms with Gasteiger partial charge in [0.25, 0.3) is 0 Å². The van der Waals surface area contributed by atoms with Crippen molar-refractivity contribution in [2.24, 2.45) is 5.73 Å². The van der Waals surface area contributed by atoms with Crippen molar-refractivity contribution < 1.29 is 9.13 Å². The highest BCUT2D eigenvalue weighted by atomic mass is 19.1. The summed E-state index contributed by atoms with van der Waals surface area (Å²) in [6.45, 7) is 4.37. The second-order valence-corrected chi connectivity index (χ2v) is 4.73. The van der Waals surface area contributed by atoms with E-state index in [0.717, 1.165) is 22.4 Å². The lowest BCUT2D eigenvalue weighted by Gasteiger charge is -2.12. The van der Waals surface area contributed by atoms with Gasteiger partial charge in [-0.3, -0.25) is 0 Å². The van der Waals surface area contributed by atoms with E-state index in [2.05, 4.69) is 0 Å². The Morgan fingerprint density at radius 3 is 2.42 bits per heavy atom. The van der Waals surface area contributed by atoms with Crippen molar-refractivity contribution in [2.45, 2.75) is 26.5 Å². The lowest BCUT2D eigenvalue weighted by atomic mass is 10.1. The van der Waals surface area contributed by atoms with Gasteiger partial charge in [-0.25, -0.2) is 4.39 Å². The molecule has 0 heterocycles. The largest absolute Gasteiger partial charge is 0.489 e. The highest BCUT2D eigenvalue weighted by Gasteiger charge is 2.04. The van der Waals surface area contributed by atoms with Gasteiger partial charge in [-0.05, 0) is 48.7 Å². The number of aryl methyl sites for hydroxylation is 1. The van der Waals surface area contributed by atoms with Gasteiger partial charge in [0.15, 0.2) is 0 Å². The van der Waals surface area contributed by atoms with Crippen molar-refractivity contribution in [3.05, 3.63) is 65.0 Å². The van der Waals surface area contributed by atoms with E-state index < -0.39 is 0 Å². The van der Waals surface area contributed by atoms with Crippen LogP contribution in [0.25, 0.3) is 0 Å². The Morgan fingerprint density at radius 2 is 1.84 bits per heavy atom. The van der Waals surface area contributed by atoms with Gasteiger partial charge in [0, 0.05) is 6.04 Å². The molecule has 100 valence electrons. The van der Waals surface area contributed by atoms with Crippen LogP contribution in [0, 0.1) is 12.7 Å². The van der Waals surface area contributed by atoms with E-state index in [1.165, 1.54) is 12.1 Å². The zero-order chi connectivity index (χ0) is 13.8. The molecule has 2 rings (SSSR count). The monoisotopic (exact) mass is 259 g/mol. The third-order valence-electron chi connectivity index (χ3n) is 3.03. The maximum Gasteiger partial charge on any atom is 0.123 e. The summed E-state index contributed by atoms with van der Waals surface area (Å²) in [5, 5.41) is 0. The third-order valence-corrected chi connectivity index (χ3v) is 3.03. The fourth-order valence-corrected chi connectivity index (χ4v) is 1.86. The van der Waals surface area contributed by atoms with E-state index in [4.69, 9.17) is 10.5 Å². The molecule has 1 unspecified atom stereocenters. The molecule has 0 radical (unpaired) electrons. The van der Waals surface area contributed by atoms with Gasteiger partial charge in [-0.2, -0.15) is 0 Å². The molecule has 2 aromatic carbocycles. The zero-order valence-corrected chi connectivity index (χ0v) is 11.2. The van der Waals surface area contributed by atoms with E-state index in [9.17, 15) is 4.39 Å². The number of halogens is 1. The Labute approximate surface area is 113 Å². The molecular formula is C16H18FNO. The molecule has 2 N–H and O–H groups in total. The fraction of sp³-hybridized carbons (Fsp3) is 0.250. The first-order valence-corrected chi connectivity index (χ1v) is 6.29. The first-order chi connectivity index (χ1) is 9.06. The van der Waals surface area contributed by atoms with Gasteiger partial charge < -0.3 is 10.5 Å². The van der Waals surface area contributed by atoms with Crippen LogP contribution in [0.4, 0.5) is 4.39 Å². The van der Waals surface area contributed by atoms with Crippen LogP contribution in [0.3, 0.4) is 0 Å². The number of hydrogen-bond donors (Lipinski definition) is 1. The summed E-state index contributed by atoms with van der Waals surface area (Å²) in [6, 6.07) is 12.3. The Kier molecular flexibility index (Phi) is 4.17. The van der Waals surface area contributed by atoms with Crippen LogP contribution in [0.15, 0.2) is 42.5 Å². The maximum atomic E-state index is 12.8. The van der Waals surface area contributed by atoms with Crippen LogP contribution in [-0.2, 0) is 6.61 Å². The second kappa shape index (κ2) is 5.85. The highest BCUT2D eigenvalue weighted by Crippen LogP contribution is 2.22. The van der Waals surface area contributed by atoms with Crippen LogP contribution in [-0.4, -0.2) is 0 Å². The quantitative estimate of drug-likeness (QED) is 0.908. The van der Waals surface area contributed by atoms with Crippen LogP contribution in [0.5, 0.6) is 5.75 Å². The molecule has 3 heteroatoms. The number of hydrogen-bond acceptors (Lipinski definition) is 2. The second-order valence-electron chi connectivity index (χ2n) is 4.73. The molecule has 0 aromatic heterocycles. The molecule has 0 aliphatic rings. The normalized spacial score (nSPS) is 12.2. The fourth-order valence-electron chi connectivity index (χ4n) is 1.86. The van der Waals surface area contributed by atoms with Crippen molar-refractivity contribution >= 4 is 0 Å². The molecule has 0 amide bonds. The predicted molar refractivity (Wildman–Crippen MR) is 74.5 cm³/mol. The zero-order valence-electron chi connectivity index (χ0n) is 11.2. The van der Waals surface area contributed by atoms with E-state index in [0.29, 0.717) is 6.61 Å². The Hall–Kier alpha value is -1.87. The molecule has 0 spiro atoms. The Morgan fingerprint density at radius 1 is 1.16 bits per heavy atom. The smallest absolute Gasteiger partial charge is 0.123 e. The average molecular weight is 259 g/mol. The van der Waals surface area contributed by atoms with Crippen molar-refractivity contribution in [3.8, 4) is 5.75 Å². The van der Waals surface area contributed by atoms with E-state index in [1.807, 2.05) is 32.0 Å². The van der Waals surface area contributed by atoms with Gasteiger partial charge in [-0.1, -0.05) is 24.3 Å². The summed E-state index contributed by atoms with van der Waals surface area (Å²) in [5.74, 6) is 0.593. The predicted octanol–water partition coefficient (Wildman–Crippen LogP) is 3.73. The third kappa shape index (κ3) is 3.55. The standard InChI is InChI=1S/C16H18FNO/c1-11-9-14(12(2)18)5-8-16(11)19-10-13-3-6-15(17)7-4-13/h3-9,12H,10,18H2,1-2H3. The molecule has 19 heavy (non-hydrogen) atoms. The summed E-state index contributed by atoms with van der Waals surface area (Å²) >= 11 is 0. The SMILES string of the molecule is Cc1cc(C(C)N)ccc1OCc1ccc(F)cc1. The maximum absolute atomic E-state index is 12.8. The highest BCUT2D eigenvalue weighted by molar-refractivity contribution is 5.37. The summed E-state index contributed by atoms with van der Waals surface area (Å²) in [4.78, 5) is 0. The number of rotatable bonds is 4. The minimum Gasteiger partial charge on any atom is -0.489 e. The first-order valence-electron chi connectivity index (χ1n) is 6.29. The number of benzene rings is 2. The van der Waals surface area contributed by atoms with Crippen LogP contribution < -0.4 is 10.5 Å². The lowest BCUT2D eigenvalue weighted by molar-refractivity contribution is 0.304. The summed E-state index contributed by atoms with van der Waals surface area (Å²) in [6.07, 6.45) is 0. The minimum absolute atomic E-state index is 0.0184. The van der Waals surface area contributed by atoms with Crippen LogP contribution >= 0.6 is 0 Å². The molecule has 0 bridgehead atoms. The molecule has 0 fully saturated rings. The lowest BCUT2D eigenvalue weighted by Crippen LogP contribution is -2.05. The average Bonchev–Trinajstić information content (AvgIpc) is 2.39. The van der Waals surface area contributed by atoms with E-state index in [-0.39, 0.29) is 11.9 Å². The summed E-state index contributed by atoms with van der Waals surface area (Å²) in [7, 11) is 0. The molecule has 0 saturated carbocycles. The molecular weight excluding hydrogens is 241 g/mol. The van der Waals surface area contributed by atoms with Gasteiger partial charge in [0.05, 0.1) is 0 Å². The Balaban J connectivity index is 2.05. The van der Waals surface area contributed by atoms with Crippen LogP contribution in [0.2, 0.25) is 0 Å². The number of ether oxygens (including phenoxy) is 1.